The van der Waals surface area contributed by atoms with Crippen molar-refractivity contribution in [2.24, 2.45) is 29.1 Å². The summed E-state index contributed by atoms with van der Waals surface area (Å²) in [6, 6.07) is 7.77. The van der Waals surface area contributed by atoms with Crippen LogP contribution >= 0.6 is 0 Å². The molecule has 7 nitrogen and oxygen atoms in total. The minimum Gasteiger partial charge on any atom is -0.381 e. The van der Waals surface area contributed by atoms with Gasteiger partial charge in [-0.3, -0.25) is 14.4 Å². The van der Waals surface area contributed by atoms with Crippen molar-refractivity contribution in [2.75, 3.05) is 0 Å². The number of amides is 1. The van der Waals surface area contributed by atoms with Crippen LogP contribution in [-0.2, 0) is 25.5 Å². The molecule has 1 spiro atoms. The van der Waals surface area contributed by atoms with Gasteiger partial charge < -0.3 is 20.1 Å². The lowest BCUT2D eigenvalue weighted by Gasteiger charge is -2.45. The standard InChI is InChI=1S/C32H36N2O5/c1-17-8-7-10-22-29-31(4,39-29)19(3)27-24(15-20-16-33-23-11-6-5-9-21(20)23)34-30(38)32(22,27)26(36)13-12-25(35)28(37)18(2)14-17/h5-7,9-14,16-17,19,22,24,27-29,33,37H,8,15H2,1-4H3,(H,34,38)/b10-7-,13-12?,18-14-/t17-,19-,22-,24-,27-,28+,29-,31+,32+/m0/s1. The Balaban J connectivity index is 1.46. The first-order chi connectivity index (χ1) is 18.6. The molecule has 39 heavy (non-hydrogen) atoms. The molecule has 2 saturated heterocycles. The highest BCUT2D eigenvalue weighted by molar-refractivity contribution is 6.15. The zero-order valence-corrected chi connectivity index (χ0v) is 22.8. The van der Waals surface area contributed by atoms with Crippen LogP contribution in [0.1, 0.15) is 39.7 Å². The second-order valence-corrected chi connectivity index (χ2v) is 12.1. The number of aliphatic hydroxyl groups excluding tert-OH is 1. The first-order valence-corrected chi connectivity index (χ1v) is 13.9. The van der Waals surface area contributed by atoms with Crippen LogP contribution in [0.4, 0.5) is 0 Å². The van der Waals surface area contributed by atoms with Gasteiger partial charge in [-0.25, -0.2) is 0 Å². The summed E-state index contributed by atoms with van der Waals surface area (Å²) < 4.78 is 6.33. The van der Waals surface area contributed by atoms with Crippen LogP contribution in [0.25, 0.3) is 10.9 Å². The van der Waals surface area contributed by atoms with Gasteiger partial charge in [-0.1, -0.05) is 50.3 Å². The summed E-state index contributed by atoms with van der Waals surface area (Å²) in [5, 5.41) is 14.9. The lowest BCUT2D eigenvalue weighted by molar-refractivity contribution is -0.145. The third-order valence-corrected chi connectivity index (χ3v) is 9.86. The number of hydrogen-bond donors (Lipinski definition) is 3. The highest BCUT2D eigenvalue weighted by Crippen LogP contribution is 2.66. The maximum absolute atomic E-state index is 14.2. The molecule has 2 aromatic rings. The molecule has 3 N–H and O–H groups in total. The molecule has 1 aromatic carbocycles. The molecule has 0 unspecified atom stereocenters. The Morgan fingerprint density at radius 2 is 1.90 bits per heavy atom. The van der Waals surface area contributed by atoms with Crippen LogP contribution in [0.2, 0.25) is 0 Å². The second kappa shape index (κ2) is 9.14. The number of nitrogens with one attached hydrogen (secondary N) is 2. The van der Waals surface area contributed by atoms with E-state index in [0.717, 1.165) is 22.5 Å². The maximum Gasteiger partial charge on any atom is 0.235 e. The Bertz CT molecular complexity index is 1450. The van der Waals surface area contributed by atoms with Crippen molar-refractivity contribution in [3.8, 4) is 0 Å². The number of aliphatic hydroxyl groups is 1. The van der Waals surface area contributed by atoms with Crippen LogP contribution in [0, 0.1) is 29.1 Å². The summed E-state index contributed by atoms with van der Waals surface area (Å²) in [6.45, 7) is 7.90. The van der Waals surface area contributed by atoms with Gasteiger partial charge in [0.2, 0.25) is 5.91 Å². The molecule has 9 atom stereocenters. The predicted molar refractivity (Wildman–Crippen MR) is 148 cm³/mol. The number of benzene rings is 1. The van der Waals surface area contributed by atoms with E-state index in [4.69, 9.17) is 4.74 Å². The Morgan fingerprint density at radius 1 is 1.13 bits per heavy atom. The van der Waals surface area contributed by atoms with E-state index in [0.29, 0.717) is 18.4 Å². The zero-order valence-electron chi connectivity index (χ0n) is 22.8. The number of fused-ring (bicyclic) bond motifs is 3. The molecule has 6 rings (SSSR count). The molecular weight excluding hydrogens is 492 g/mol. The minimum absolute atomic E-state index is 0.0666. The van der Waals surface area contributed by atoms with Crippen molar-refractivity contribution in [3.05, 3.63) is 72.0 Å². The summed E-state index contributed by atoms with van der Waals surface area (Å²) in [4.78, 5) is 44.5. The molecule has 3 heterocycles. The maximum atomic E-state index is 14.2. The fourth-order valence-electron chi connectivity index (χ4n) is 7.66. The van der Waals surface area contributed by atoms with Gasteiger partial charge in [0.15, 0.2) is 11.6 Å². The topological polar surface area (TPSA) is 112 Å². The van der Waals surface area contributed by atoms with Gasteiger partial charge in [0.05, 0.1) is 11.7 Å². The quantitative estimate of drug-likeness (QED) is 0.312. The Labute approximate surface area is 228 Å². The molecule has 7 heteroatoms. The van der Waals surface area contributed by atoms with E-state index in [9.17, 15) is 19.5 Å². The van der Waals surface area contributed by atoms with Gasteiger partial charge in [-0.15, -0.1) is 0 Å². The average Bonchev–Trinajstić information content (AvgIpc) is 3.31. The third-order valence-electron chi connectivity index (χ3n) is 9.86. The number of epoxide rings is 1. The molecule has 1 aromatic heterocycles. The molecular formula is C32H36N2O5. The first kappa shape index (κ1) is 26.0. The number of hydrogen-bond acceptors (Lipinski definition) is 5. The van der Waals surface area contributed by atoms with E-state index >= 15 is 0 Å². The van der Waals surface area contributed by atoms with Crippen LogP contribution in [-0.4, -0.2) is 51.4 Å². The second-order valence-electron chi connectivity index (χ2n) is 12.1. The van der Waals surface area contributed by atoms with Gasteiger partial charge in [-0.2, -0.15) is 0 Å². The molecule has 2 aliphatic heterocycles. The highest BCUT2D eigenvalue weighted by Gasteiger charge is 2.78. The normalized spacial score (nSPS) is 42.2. The van der Waals surface area contributed by atoms with Crippen molar-refractivity contribution in [3.63, 3.8) is 0 Å². The number of aromatic amines is 1. The van der Waals surface area contributed by atoms with Gasteiger partial charge in [0.1, 0.15) is 11.5 Å². The molecule has 0 bridgehead atoms. The fraction of sp³-hybridized carbons (Fsp3) is 0.469. The van der Waals surface area contributed by atoms with Crippen molar-refractivity contribution < 1.29 is 24.2 Å². The number of ketones is 2. The van der Waals surface area contributed by atoms with Gasteiger partial charge in [-0.05, 0) is 67.9 Å². The Morgan fingerprint density at radius 3 is 2.69 bits per heavy atom. The van der Waals surface area contributed by atoms with E-state index in [-0.39, 0.29) is 35.8 Å². The number of aromatic nitrogens is 1. The summed E-state index contributed by atoms with van der Waals surface area (Å²) in [7, 11) is 0. The number of carbonyl (C=O) groups is 3. The molecule has 2 aliphatic carbocycles. The van der Waals surface area contributed by atoms with Crippen molar-refractivity contribution in [2.45, 2.75) is 64.4 Å². The van der Waals surface area contributed by atoms with Crippen molar-refractivity contribution in [1.82, 2.24) is 10.3 Å². The lowest BCUT2D eigenvalue weighted by Crippen LogP contribution is -2.58. The van der Waals surface area contributed by atoms with Gasteiger partial charge >= 0.3 is 0 Å². The summed E-state index contributed by atoms with van der Waals surface area (Å²) in [5.74, 6) is -2.11. The molecule has 0 radical (unpaired) electrons. The largest absolute Gasteiger partial charge is 0.381 e. The SMILES string of the molecule is C/C1=C/[C@@H](C)C/C=C\[C@H]2[C@@H]3O[C@]3(C)[C@@H](C)[C@H]3[C@H](Cc4c[nH]c5ccccc45)NC(=O)[C@]32C(=O)C=CC(=O)[C@@H]1O. The summed E-state index contributed by atoms with van der Waals surface area (Å²) in [5.41, 5.74) is 0.805. The Hall–Kier alpha value is -3.29. The van der Waals surface area contributed by atoms with E-state index in [1.807, 2.05) is 49.5 Å². The number of carbonyl (C=O) groups excluding carboxylic acids is 3. The number of allylic oxidation sites excluding steroid dienone is 3. The van der Waals surface area contributed by atoms with Crippen LogP contribution in [0.3, 0.4) is 0 Å². The van der Waals surface area contributed by atoms with E-state index in [1.54, 1.807) is 6.92 Å². The minimum atomic E-state index is -1.41. The van der Waals surface area contributed by atoms with E-state index in [1.165, 1.54) is 6.08 Å². The van der Waals surface area contributed by atoms with E-state index < -0.39 is 34.6 Å². The predicted octanol–water partition coefficient (Wildman–Crippen LogP) is 3.83. The Kier molecular flexibility index (Phi) is 6.08. The van der Waals surface area contributed by atoms with Gasteiger partial charge in [0.25, 0.3) is 0 Å². The highest BCUT2D eigenvalue weighted by atomic mass is 16.6. The number of rotatable bonds is 2. The molecule has 204 valence electrons. The summed E-state index contributed by atoms with van der Waals surface area (Å²) >= 11 is 0. The van der Waals surface area contributed by atoms with E-state index in [2.05, 4.69) is 30.2 Å². The average molecular weight is 529 g/mol. The number of ether oxygens (including phenoxy) is 1. The fourth-order valence-corrected chi connectivity index (χ4v) is 7.66. The van der Waals surface area contributed by atoms with Crippen LogP contribution < -0.4 is 5.32 Å². The monoisotopic (exact) mass is 528 g/mol. The summed E-state index contributed by atoms with van der Waals surface area (Å²) in [6.07, 6.45) is 9.89. The van der Waals surface area contributed by atoms with Crippen LogP contribution in [0.15, 0.2) is 66.4 Å². The zero-order chi connectivity index (χ0) is 27.7. The number of para-hydroxylation sites is 1. The van der Waals surface area contributed by atoms with Crippen molar-refractivity contribution >= 4 is 28.4 Å². The van der Waals surface area contributed by atoms with Crippen molar-refractivity contribution in [1.29, 1.82) is 0 Å². The number of H-pyrrole nitrogens is 1. The molecule has 4 aliphatic rings. The molecule has 1 saturated carbocycles. The molecule has 3 fully saturated rings. The van der Waals surface area contributed by atoms with Gasteiger partial charge in [0, 0.05) is 35.0 Å². The van der Waals surface area contributed by atoms with Crippen LogP contribution in [0.5, 0.6) is 0 Å². The first-order valence-electron chi connectivity index (χ1n) is 13.9. The lowest BCUT2D eigenvalue weighted by atomic mass is 9.51. The smallest absolute Gasteiger partial charge is 0.235 e. The molecule has 1 amide bonds. The third kappa shape index (κ3) is 3.81.